The van der Waals surface area contributed by atoms with Gasteiger partial charge in [-0.2, -0.15) is 0 Å². The maximum absolute atomic E-state index is 10.9. The number of rotatable bonds is 33. The Labute approximate surface area is 244 Å². The van der Waals surface area contributed by atoms with Gasteiger partial charge in [0.05, 0.1) is 0 Å². The first-order chi connectivity index (χ1) is 18.8. The Hall–Kier alpha value is -0.280. The van der Waals surface area contributed by atoms with E-state index in [-0.39, 0.29) is 5.91 Å². The third-order valence-corrected chi connectivity index (χ3v) is 8.43. The Morgan fingerprint density at radius 3 is 0.737 bits per heavy atom. The van der Waals surface area contributed by atoms with Gasteiger partial charge in [-0.25, -0.2) is 5.48 Å². The average Bonchev–Trinajstić information content (AvgIpc) is 2.93. The molecular formula is C34H68ClNO2. The van der Waals surface area contributed by atoms with Gasteiger partial charge in [0.15, 0.2) is 0 Å². The Kier molecular flexibility index (Phi) is 34.5. The Bertz CT molecular complexity index is 446. The van der Waals surface area contributed by atoms with E-state index in [2.05, 4.69) is 0 Å². The third kappa shape index (κ3) is 33.7. The normalized spacial score (nSPS) is 11.3. The van der Waals surface area contributed by atoms with Crippen LogP contribution in [0.4, 0.5) is 0 Å². The average molecular weight is 558 g/mol. The summed E-state index contributed by atoms with van der Waals surface area (Å²) in [6.07, 6.45) is 43.4. The minimum Gasteiger partial charge on any atom is -0.289 e. The number of alkyl halides is 1. The number of halogens is 1. The summed E-state index contributed by atoms with van der Waals surface area (Å²) in [7, 11) is 0. The molecule has 0 saturated carbocycles. The van der Waals surface area contributed by atoms with E-state index in [9.17, 15) is 4.79 Å². The van der Waals surface area contributed by atoms with Gasteiger partial charge in [-0.05, 0) is 12.8 Å². The minimum atomic E-state index is -0.256. The fourth-order valence-electron chi connectivity index (χ4n) is 5.56. The van der Waals surface area contributed by atoms with Crippen molar-refractivity contribution in [1.82, 2.24) is 5.48 Å². The Morgan fingerprint density at radius 2 is 0.553 bits per heavy atom. The van der Waals surface area contributed by atoms with Crippen molar-refractivity contribution in [2.75, 3.05) is 5.88 Å². The second-order valence-corrected chi connectivity index (χ2v) is 12.3. The summed E-state index contributed by atoms with van der Waals surface area (Å²) in [6, 6.07) is 0. The van der Waals surface area contributed by atoms with Crippen LogP contribution in [0, 0.1) is 0 Å². The van der Waals surface area contributed by atoms with Crippen LogP contribution in [0.1, 0.15) is 205 Å². The molecular weight excluding hydrogens is 490 g/mol. The molecule has 0 aliphatic heterocycles. The van der Waals surface area contributed by atoms with Crippen molar-refractivity contribution in [1.29, 1.82) is 0 Å². The highest BCUT2D eigenvalue weighted by molar-refractivity contribution is 6.17. The molecule has 228 valence electrons. The van der Waals surface area contributed by atoms with Gasteiger partial charge in [0.25, 0.3) is 0 Å². The quantitative estimate of drug-likeness (QED) is 0.0364. The number of hydrogen-bond donors (Lipinski definition) is 2. The molecule has 0 bridgehead atoms. The highest BCUT2D eigenvalue weighted by Crippen LogP contribution is 2.16. The first-order valence-electron chi connectivity index (χ1n) is 17.3. The van der Waals surface area contributed by atoms with Crippen LogP contribution in [0.5, 0.6) is 0 Å². The number of unbranched alkanes of at least 4 members (excludes halogenated alkanes) is 30. The highest BCUT2D eigenvalue weighted by atomic mass is 35.5. The summed E-state index contributed by atoms with van der Waals surface area (Å²) in [6.45, 7) is 0. The molecule has 0 spiro atoms. The van der Waals surface area contributed by atoms with E-state index in [1.807, 2.05) is 0 Å². The van der Waals surface area contributed by atoms with Gasteiger partial charge in [0.2, 0.25) is 5.91 Å². The van der Waals surface area contributed by atoms with E-state index < -0.39 is 0 Å². The van der Waals surface area contributed by atoms with Crippen LogP contribution >= 0.6 is 11.6 Å². The van der Waals surface area contributed by atoms with Gasteiger partial charge >= 0.3 is 0 Å². The van der Waals surface area contributed by atoms with E-state index in [1.54, 1.807) is 5.48 Å². The Balaban J connectivity index is 3.03. The van der Waals surface area contributed by atoms with Gasteiger partial charge in [-0.1, -0.05) is 186 Å². The predicted molar refractivity (Wildman–Crippen MR) is 168 cm³/mol. The SMILES string of the molecule is O=C(CCCCCCCCCCCCCCCCCCCCCCCCCCCCCCCCCCl)NO. The molecule has 4 heteroatoms. The molecule has 0 heterocycles. The molecule has 0 aliphatic rings. The number of carbonyl (C=O) groups excluding carboxylic acids is 1. The molecule has 0 aliphatic carbocycles. The minimum absolute atomic E-state index is 0.256. The van der Waals surface area contributed by atoms with Crippen LogP contribution in [-0.4, -0.2) is 17.0 Å². The zero-order valence-electron chi connectivity index (χ0n) is 25.6. The van der Waals surface area contributed by atoms with Crippen LogP contribution in [0.15, 0.2) is 0 Å². The largest absolute Gasteiger partial charge is 0.289 e. The molecule has 0 aromatic heterocycles. The standard InChI is InChI=1S/C34H68ClNO2/c35-33-31-29-27-25-23-21-19-17-15-13-11-9-7-5-3-1-2-4-6-8-10-12-14-16-18-20-22-24-26-28-30-32-34(37)36-38/h38H,1-33H2,(H,36,37). The van der Waals surface area contributed by atoms with Crippen LogP contribution in [0.2, 0.25) is 0 Å². The second kappa shape index (κ2) is 34.7. The van der Waals surface area contributed by atoms with Gasteiger partial charge in [0, 0.05) is 12.3 Å². The molecule has 2 N–H and O–H groups in total. The maximum atomic E-state index is 10.9. The number of hydroxylamine groups is 1. The topological polar surface area (TPSA) is 49.3 Å². The summed E-state index contributed by atoms with van der Waals surface area (Å²) in [5.74, 6) is 0.582. The molecule has 0 aromatic rings. The number of nitrogens with one attached hydrogen (secondary N) is 1. The number of hydrogen-bond acceptors (Lipinski definition) is 2. The van der Waals surface area contributed by atoms with E-state index in [0.29, 0.717) is 6.42 Å². The Morgan fingerprint density at radius 1 is 0.368 bits per heavy atom. The predicted octanol–water partition coefficient (Wildman–Crippen LogP) is 12.2. The van der Waals surface area contributed by atoms with Crippen molar-refractivity contribution in [3.8, 4) is 0 Å². The third-order valence-electron chi connectivity index (χ3n) is 8.16. The molecule has 0 fully saturated rings. The van der Waals surface area contributed by atoms with E-state index >= 15 is 0 Å². The summed E-state index contributed by atoms with van der Waals surface area (Å²) in [5, 5.41) is 8.45. The summed E-state index contributed by atoms with van der Waals surface area (Å²) in [5.41, 5.74) is 1.70. The lowest BCUT2D eigenvalue weighted by Gasteiger charge is -2.05. The molecule has 1 amide bonds. The van der Waals surface area contributed by atoms with Crippen LogP contribution in [-0.2, 0) is 4.79 Å². The van der Waals surface area contributed by atoms with E-state index in [0.717, 1.165) is 18.7 Å². The maximum Gasteiger partial charge on any atom is 0.243 e. The fourth-order valence-corrected chi connectivity index (χ4v) is 5.75. The van der Waals surface area contributed by atoms with Crippen molar-refractivity contribution < 1.29 is 10.0 Å². The van der Waals surface area contributed by atoms with Crippen molar-refractivity contribution in [2.45, 2.75) is 205 Å². The van der Waals surface area contributed by atoms with Gasteiger partial charge in [-0.15, -0.1) is 11.6 Å². The van der Waals surface area contributed by atoms with Gasteiger partial charge in [-0.3, -0.25) is 10.0 Å². The zero-order chi connectivity index (χ0) is 27.6. The van der Waals surface area contributed by atoms with E-state index in [4.69, 9.17) is 16.8 Å². The molecule has 0 rings (SSSR count). The lowest BCUT2D eigenvalue weighted by Crippen LogP contribution is -2.17. The van der Waals surface area contributed by atoms with Crippen molar-refractivity contribution in [2.24, 2.45) is 0 Å². The lowest BCUT2D eigenvalue weighted by molar-refractivity contribution is -0.129. The molecule has 38 heavy (non-hydrogen) atoms. The van der Waals surface area contributed by atoms with Crippen molar-refractivity contribution >= 4 is 17.5 Å². The number of amides is 1. The molecule has 0 radical (unpaired) electrons. The van der Waals surface area contributed by atoms with Crippen molar-refractivity contribution in [3.63, 3.8) is 0 Å². The second-order valence-electron chi connectivity index (χ2n) is 11.9. The zero-order valence-corrected chi connectivity index (χ0v) is 26.3. The van der Waals surface area contributed by atoms with Crippen LogP contribution in [0.3, 0.4) is 0 Å². The van der Waals surface area contributed by atoms with Gasteiger partial charge < -0.3 is 0 Å². The van der Waals surface area contributed by atoms with Crippen molar-refractivity contribution in [3.05, 3.63) is 0 Å². The lowest BCUT2D eigenvalue weighted by atomic mass is 10.0. The fraction of sp³-hybridized carbons (Fsp3) is 0.971. The number of carbonyl (C=O) groups is 1. The van der Waals surface area contributed by atoms with Crippen LogP contribution < -0.4 is 5.48 Å². The monoisotopic (exact) mass is 557 g/mol. The molecule has 0 atom stereocenters. The molecule has 0 saturated heterocycles. The summed E-state index contributed by atoms with van der Waals surface area (Å²) < 4.78 is 0. The molecule has 0 unspecified atom stereocenters. The first-order valence-corrected chi connectivity index (χ1v) is 17.8. The molecule has 3 nitrogen and oxygen atoms in total. The molecule has 0 aromatic carbocycles. The first kappa shape index (κ1) is 37.7. The van der Waals surface area contributed by atoms with Crippen LogP contribution in [0.25, 0.3) is 0 Å². The smallest absolute Gasteiger partial charge is 0.243 e. The summed E-state index contributed by atoms with van der Waals surface area (Å²) >= 11 is 5.72. The van der Waals surface area contributed by atoms with Gasteiger partial charge in [0.1, 0.15) is 0 Å². The van der Waals surface area contributed by atoms with E-state index in [1.165, 1.54) is 186 Å². The summed E-state index contributed by atoms with van der Waals surface area (Å²) in [4.78, 5) is 10.9. The highest BCUT2D eigenvalue weighted by Gasteiger charge is 1.99.